The predicted molar refractivity (Wildman–Crippen MR) is 49.7 cm³/mol. The fourth-order valence-corrected chi connectivity index (χ4v) is 1.57. The van der Waals surface area contributed by atoms with Gasteiger partial charge >= 0.3 is 0 Å². The van der Waals surface area contributed by atoms with Gasteiger partial charge in [-0.05, 0) is 19.8 Å². The molecule has 0 amide bonds. The van der Waals surface area contributed by atoms with Gasteiger partial charge in [-0.1, -0.05) is 10.3 Å². The Morgan fingerprint density at radius 2 is 2.43 bits per heavy atom. The highest BCUT2D eigenvalue weighted by molar-refractivity contribution is 5.03. The fourth-order valence-electron chi connectivity index (χ4n) is 1.57. The average molecular weight is 197 g/mol. The van der Waals surface area contributed by atoms with Gasteiger partial charge in [0.2, 0.25) is 0 Å². The number of nitrogens with zero attached hydrogens (tertiary/aromatic N) is 2. The Morgan fingerprint density at radius 3 is 3.07 bits per heavy atom. The minimum Gasteiger partial charge on any atom is -0.377 e. The first-order chi connectivity index (χ1) is 6.86. The van der Waals surface area contributed by atoms with Crippen LogP contribution in [0.4, 0.5) is 0 Å². The zero-order valence-electron chi connectivity index (χ0n) is 8.32. The summed E-state index contributed by atoms with van der Waals surface area (Å²) in [4.78, 5) is 0. The van der Waals surface area contributed by atoms with Gasteiger partial charge in [0.05, 0.1) is 6.10 Å². The summed E-state index contributed by atoms with van der Waals surface area (Å²) in [5.41, 5.74) is 1.73. The fraction of sp³-hybridized carbons (Fsp3) is 0.778. The van der Waals surface area contributed by atoms with Crippen LogP contribution >= 0.6 is 0 Å². The Balaban J connectivity index is 1.70. The third-order valence-corrected chi connectivity index (χ3v) is 2.43. The van der Waals surface area contributed by atoms with Gasteiger partial charge in [0.25, 0.3) is 0 Å². The summed E-state index contributed by atoms with van der Waals surface area (Å²) in [5, 5.41) is 10.8. The van der Waals surface area contributed by atoms with E-state index < -0.39 is 0 Å². The molecule has 2 rings (SSSR count). The molecule has 78 valence electrons. The van der Waals surface area contributed by atoms with E-state index in [1.54, 1.807) is 0 Å². The van der Waals surface area contributed by atoms with Crippen LogP contribution in [0, 0.1) is 6.92 Å². The first-order valence-corrected chi connectivity index (χ1v) is 4.96. The summed E-state index contributed by atoms with van der Waals surface area (Å²) in [6, 6.07) is 0. The number of nitrogens with one attached hydrogen (secondary N) is 1. The number of aryl methyl sites for hydroxylation is 1. The van der Waals surface area contributed by atoms with E-state index in [2.05, 4.69) is 20.3 Å². The highest BCUT2D eigenvalue weighted by atomic mass is 16.6. The lowest BCUT2D eigenvalue weighted by atomic mass is 10.2. The maximum atomic E-state index is 5.48. The molecule has 1 N–H and O–H groups in total. The molecular formula is C9H15N3O2. The number of rotatable bonds is 4. The highest BCUT2D eigenvalue weighted by Gasteiger charge is 2.15. The maximum Gasteiger partial charge on any atom is 0.121 e. The van der Waals surface area contributed by atoms with Crippen molar-refractivity contribution in [1.82, 2.24) is 15.6 Å². The van der Waals surface area contributed by atoms with Gasteiger partial charge in [-0.3, -0.25) is 0 Å². The zero-order chi connectivity index (χ0) is 9.80. The van der Waals surface area contributed by atoms with Crippen LogP contribution in [-0.4, -0.2) is 29.6 Å². The molecule has 0 spiro atoms. The van der Waals surface area contributed by atoms with Crippen molar-refractivity contribution in [3.05, 3.63) is 11.4 Å². The van der Waals surface area contributed by atoms with Crippen molar-refractivity contribution >= 4 is 0 Å². The van der Waals surface area contributed by atoms with E-state index in [0.29, 0.717) is 12.6 Å². The molecule has 1 aromatic heterocycles. The predicted octanol–water partition coefficient (Wildman–Crippen LogP) is 0.647. The molecule has 0 radical (unpaired) electrons. The lowest BCUT2D eigenvalue weighted by Gasteiger charge is -2.09. The quantitative estimate of drug-likeness (QED) is 0.767. The van der Waals surface area contributed by atoms with Crippen molar-refractivity contribution in [1.29, 1.82) is 0 Å². The first-order valence-electron chi connectivity index (χ1n) is 4.96. The number of aromatic nitrogens is 2. The summed E-state index contributed by atoms with van der Waals surface area (Å²) in [6.45, 7) is 4.37. The molecule has 0 aromatic carbocycles. The van der Waals surface area contributed by atoms with Crippen LogP contribution in [0.2, 0.25) is 0 Å². The van der Waals surface area contributed by atoms with Gasteiger partial charge < -0.3 is 10.1 Å². The molecule has 1 atom stereocenters. The van der Waals surface area contributed by atoms with Crippen molar-refractivity contribution in [3.8, 4) is 0 Å². The van der Waals surface area contributed by atoms with Crippen LogP contribution in [0.25, 0.3) is 0 Å². The number of ether oxygens (including phenoxy) is 1. The Kier molecular flexibility index (Phi) is 3.10. The minimum absolute atomic E-state index is 0.371. The Bertz CT molecular complexity index is 281. The number of hydrogen-bond donors (Lipinski definition) is 1. The first kappa shape index (κ1) is 9.61. The molecule has 1 aliphatic heterocycles. The van der Waals surface area contributed by atoms with Crippen LogP contribution in [0.15, 0.2) is 4.63 Å². The molecule has 0 saturated carbocycles. The third-order valence-electron chi connectivity index (χ3n) is 2.43. The second-order valence-electron chi connectivity index (χ2n) is 3.56. The molecule has 14 heavy (non-hydrogen) atoms. The van der Waals surface area contributed by atoms with Gasteiger partial charge in [-0.2, -0.15) is 0 Å². The Labute approximate surface area is 82.8 Å². The van der Waals surface area contributed by atoms with Gasteiger partial charge in [0.1, 0.15) is 11.4 Å². The van der Waals surface area contributed by atoms with E-state index in [4.69, 9.17) is 4.74 Å². The Hall–Kier alpha value is -0.940. The summed E-state index contributed by atoms with van der Waals surface area (Å²) in [6.07, 6.45) is 2.70. The molecule has 1 fully saturated rings. The van der Waals surface area contributed by atoms with Crippen molar-refractivity contribution < 1.29 is 9.37 Å². The van der Waals surface area contributed by atoms with E-state index in [-0.39, 0.29) is 0 Å². The van der Waals surface area contributed by atoms with Gasteiger partial charge in [0.15, 0.2) is 0 Å². The van der Waals surface area contributed by atoms with Crippen LogP contribution < -0.4 is 5.32 Å². The van der Waals surface area contributed by atoms with E-state index in [0.717, 1.165) is 31.0 Å². The van der Waals surface area contributed by atoms with Crippen LogP contribution in [-0.2, 0) is 11.3 Å². The van der Waals surface area contributed by atoms with Crippen molar-refractivity contribution in [3.63, 3.8) is 0 Å². The molecule has 1 aromatic rings. The molecule has 1 unspecified atom stereocenters. The molecule has 1 saturated heterocycles. The largest absolute Gasteiger partial charge is 0.377 e. The summed E-state index contributed by atoms with van der Waals surface area (Å²) < 4.78 is 10.1. The van der Waals surface area contributed by atoms with Crippen LogP contribution in [0.5, 0.6) is 0 Å². The molecule has 2 heterocycles. The second kappa shape index (κ2) is 4.52. The molecule has 0 bridgehead atoms. The SMILES string of the molecule is Cc1nonc1CNCC1CCCO1. The average Bonchev–Trinajstić information content (AvgIpc) is 2.78. The third kappa shape index (κ3) is 2.30. The summed E-state index contributed by atoms with van der Waals surface area (Å²) in [7, 11) is 0. The molecule has 5 nitrogen and oxygen atoms in total. The van der Waals surface area contributed by atoms with Crippen LogP contribution in [0.3, 0.4) is 0 Å². The minimum atomic E-state index is 0.371. The van der Waals surface area contributed by atoms with E-state index in [9.17, 15) is 0 Å². The molecule has 0 aliphatic carbocycles. The Morgan fingerprint density at radius 1 is 1.50 bits per heavy atom. The monoisotopic (exact) mass is 197 g/mol. The summed E-state index contributed by atoms with van der Waals surface area (Å²) in [5.74, 6) is 0. The van der Waals surface area contributed by atoms with Gasteiger partial charge in [-0.25, -0.2) is 4.63 Å². The van der Waals surface area contributed by atoms with Crippen LogP contribution in [0.1, 0.15) is 24.2 Å². The van der Waals surface area contributed by atoms with E-state index in [1.165, 1.54) is 6.42 Å². The second-order valence-corrected chi connectivity index (χ2v) is 3.56. The summed E-state index contributed by atoms with van der Waals surface area (Å²) >= 11 is 0. The molecular weight excluding hydrogens is 182 g/mol. The van der Waals surface area contributed by atoms with Crippen molar-refractivity contribution in [2.24, 2.45) is 0 Å². The maximum absolute atomic E-state index is 5.48. The van der Waals surface area contributed by atoms with E-state index >= 15 is 0 Å². The molecule has 1 aliphatic rings. The highest BCUT2D eigenvalue weighted by Crippen LogP contribution is 2.10. The topological polar surface area (TPSA) is 60.2 Å². The van der Waals surface area contributed by atoms with Crippen molar-refractivity contribution in [2.45, 2.75) is 32.4 Å². The van der Waals surface area contributed by atoms with Gasteiger partial charge in [0, 0.05) is 19.7 Å². The smallest absolute Gasteiger partial charge is 0.121 e. The lowest BCUT2D eigenvalue weighted by molar-refractivity contribution is 0.109. The van der Waals surface area contributed by atoms with Crippen molar-refractivity contribution in [2.75, 3.05) is 13.2 Å². The zero-order valence-corrected chi connectivity index (χ0v) is 8.32. The lowest BCUT2D eigenvalue weighted by Crippen LogP contribution is -2.26. The number of hydrogen-bond acceptors (Lipinski definition) is 5. The van der Waals surface area contributed by atoms with Gasteiger partial charge in [-0.15, -0.1) is 0 Å². The standard InChI is InChI=1S/C9H15N3O2/c1-7-9(12-14-11-7)6-10-5-8-3-2-4-13-8/h8,10H,2-6H2,1H3. The molecule has 5 heteroatoms. The van der Waals surface area contributed by atoms with E-state index in [1.807, 2.05) is 6.92 Å². The normalized spacial score (nSPS) is 21.6.